The number of rotatable bonds is 6. The maximum atomic E-state index is 10.2. The molecule has 0 aromatic heterocycles. The Morgan fingerprint density at radius 3 is 2.37 bits per heavy atom. The van der Waals surface area contributed by atoms with Crippen molar-refractivity contribution in [1.82, 2.24) is 0 Å². The lowest BCUT2D eigenvalue weighted by Crippen LogP contribution is -2.34. The summed E-state index contributed by atoms with van der Waals surface area (Å²) in [5.74, 6) is 0.320. The van der Waals surface area contributed by atoms with Crippen molar-refractivity contribution in [1.29, 1.82) is 0 Å². The van der Waals surface area contributed by atoms with E-state index < -0.39 is 12.2 Å². The van der Waals surface area contributed by atoms with E-state index in [2.05, 4.69) is 12.1 Å². The Morgan fingerprint density at radius 1 is 1.00 bits per heavy atom. The lowest BCUT2D eigenvalue weighted by atomic mass is 9.82. The van der Waals surface area contributed by atoms with E-state index >= 15 is 0 Å². The second-order valence-corrected chi connectivity index (χ2v) is 5.83. The van der Waals surface area contributed by atoms with Gasteiger partial charge in [0.1, 0.15) is 0 Å². The molecule has 2 nitrogen and oxygen atoms in total. The number of aliphatic hydroxyl groups excluding tert-OH is 2. The van der Waals surface area contributed by atoms with E-state index in [1.165, 1.54) is 24.8 Å². The molecule has 2 unspecified atom stereocenters. The molecule has 1 fully saturated rings. The average Bonchev–Trinajstić information content (AvgIpc) is 2.48. The van der Waals surface area contributed by atoms with Crippen molar-refractivity contribution < 1.29 is 10.2 Å². The van der Waals surface area contributed by atoms with Gasteiger partial charge in [0.25, 0.3) is 0 Å². The maximum Gasteiger partial charge on any atom is 0.0827 e. The minimum absolute atomic E-state index is 0.320. The summed E-state index contributed by atoms with van der Waals surface area (Å²) in [5.41, 5.74) is 1.31. The summed E-state index contributed by atoms with van der Waals surface area (Å²) in [4.78, 5) is 0. The molecule has 106 valence electrons. The maximum absolute atomic E-state index is 10.2. The topological polar surface area (TPSA) is 40.5 Å². The predicted octanol–water partition coefficient (Wildman–Crippen LogP) is 3.31. The van der Waals surface area contributed by atoms with Gasteiger partial charge in [-0.2, -0.15) is 0 Å². The van der Waals surface area contributed by atoms with Gasteiger partial charge in [0.05, 0.1) is 12.2 Å². The van der Waals surface area contributed by atoms with E-state index in [4.69, 9.17) is 0 Å². The molecule has 19 heavy (non-hydrogen) atoms. The Hall–Kier alpha value is -0.860. The van der Waals surface area contributed by atoms with Gasteiger partial charge in [-0.05, 0) is 43.6 Å². The van der Waals surface area contributed by atoms with Crippen molar-refractivity contribution in [3.8, 4) is 0 Å². The second-order valence-electron chi connectivity index (χ2n) is 5.83. The first-order valence-electron chi connectivity index (χ1n) is 7.67. The molecule has 2 atom stereocenters. The van der Waals surface area contributed by atoms with Crippen LogP contribution in [-0.4, -0.2) is 22.4 Å². The molecule has 1 aliphatic rings. The van der Waals surface area contributed by atoms with Gasteiger partial charge in [-0.25, -0.2) is 0 Å². The number of benzene rings is 1. The van der Waals surface area contributed by atoms with E-state index in [0.717, 1.165) is 25.7 Å². The van der Waals surface area contributed by atoms with Crippen molar-refractivity contribution in [2.24, 2.45) is 5.92 Å². The molecule has 0 saturated heterocycles. The van der Waals surface area contributed by atoms with Gasteiger partial charge in [0.2, 0.25) is 0 Å². The van der Waals surface area contributed by atoms with Gasteiger partial charge < -0.3 is 10.2 Å². The van der Waals surface area contributed by atoms with Crippen LogP contribution >= 0.6 is 0 Å². The highest BCUT2D eigenvalue weighted by molar-refractivity contribution is 5.14. The molecule has 1 aliphatic carbocycles. The molecule has 1 aromatic rings. The van der Waals surface area contributed by atoms with Crippen LogP contribution in [0.3, 0.4) is 0 Å². The predicted molar refractivity (Wildman–Crippen MR) is 78.0 cm³/mol. The lowest BCUT2D eigenvalue weighted by molar-refractivity contribution is -0.0312. The fourth-order valence-electron chi connectivity index (χ4n) is 3.12. The summed E-state index contributed by atoms with van der Waals surface area (Å²) in [6.07, 6.45) is 7.41. The molecule has 2 N–H and O–H groups in total. The molecular formula is C17H26O2. The summed E-state index contributed by atoms with van der Waals surface area (Å²) in [6.45, 7) is 0. The number of aryl methyl sites for hydroxylation is 1. The van der Waals surface area contributed by atoms with Crippen molar-refractivity contribution >= 4 is 0 Å². The van der Waals surface area contributed by atoms with E-state index in [1.54, 1.807) is 0 Å². The van der Waals surface area contributed by atoms with Crippen molar-refractivity contribution in [3.05, 3.63) is 35.9 Å². The Balaban J connectivity index is 1.70. The Labute approximate surface area is 116 Å². The summed E-state index contributed by atoms with van der Waals surface area (Å²) in [6, 6.07) is 10.3. The SMILES string of the molecule is OC(CCCc1ccccc1)C(O)C1CCCCC1. The van der Waals surface area contributed by atoms with Crippen LogP contribution < -0.4 is 0 Å². The number of hydrogen-bond donors (Lipinski definition) is 2. The molecule has 0 heterocycles. The standard InChI is InChI=1S/C17H26O2/c18-16(17(19)15-11-5-2-6-12-15)13-7-10-14-8-3-1-4-9-14/h1,3-4,8-9,15-19H,2,5-7,10-13H2. The molecule has 2 rings (SSSR count). The van der Waals surface area contributed by atoms with Gasteiger partial charge in [-0.3, -0.25) is 0 Å². The Morgan fingerprint density at radius 2 is 1.68 bits per heavy atom. The van der Waals surface area contributed by atoms with E-state index in [9.17, 15) is 10.2 Å². The van der Waals surface area contributed by atoms with Crippen LogP contribution in [0.1, 0.15) is 50.5 Å². The zero-order valence-electron chi connectivity index (χ0n) is 11.7. The average molecular weight is 262 g/mol. The molecule has 2 heteroatoms. The quantitative estimate of drug-likeness (QED) is 0.825. The third-order valence-corrected chi connectivity index (χ3v) is 4.34. The summed E-state index contributed by atoms with van der Waals surface area (Å²) in [5, 5.41) is 20.3. The van der Waals surface area contributed by atoms with E-state index in [0.29, 0.717) is 12.3 Å². The molecular weight excluding hydrogens is 236 g/mol. The fourth-order valence-corrected chi connectivity index (χ4v) is 3.12. The van der Waals surface area contributed by atoms with E-state index in [-0.39, 0.29) is 0 Å². The van der Waals surface area contributed by atoms with Crippen LogP contribution in [0.5, 0.6) is 0 Å². The molecule has 0 radical (unpaired) electrons. The van der Waals surface area contributed by atoms with Crippen molar-refractivity contribution in [3.63, 3.8) is 0 Å². The molecule has 0 amide bonds. The normalized spacial score (nSPS) is 20.1. The molecule has 0 bridgehead atoms. The molecule has 1 saturated carbocycles. The highest BCUT2D eigenvalue weighted by Gasteiger charge is 2.27. The van der Waals surface area contributed by atoms with Gasteiger partial charge in [0.15, 0.2) is 0 Å². The highest BCUT2D eigenvalue weighted by Crippen LogP contribution is 2.28. The second kappa shape index (κ2) is 7.66. The Bertz CT molecular complexity index is 344. The summed E-state index contributed by atoms with van der Waals surface area (Å²) >= 11 is 0. The summed E-state index contributed by atoms with van der Waals surface area (Å²) in [7, 11) is 0. The minimum Gasteiger partial charge on any atom is -0.390 e. The van der Waals surface area contributed by atoms with Crippen LogP contribution in [-0.2, 0) is 6.42 Å². The van der Waals surface area contributed by atoms with Gasteiger partial charge >= 0.3 is 0 Å². The smallest absolute Gasteiger partial charge is 0.0827 e. The molecule has 0 spiro atoms. The third-order valence-electron chi connectivity index (χ3n) is 4.34. The third kappa shape index (κ3) is 4.63. The largest absolute Gasteiger partial charge is 0.390 e. The van der Waals surface area contributed by atoms with Crippen LogP contribution in [0.25, 0.3) is 0 Å². The van der Waals surface area contributed by atoms with Crippen molar-refractivity contribution in [2.75, 3.05) is 0 Å². The van der Waals surface area contributed by atoms with Crippen LogP contribution in [0.15, 0.2) is 30.3 Å². The van der Waals surface area contributed by atoms with Crippen LogP contribution in [0, 0.1) is 5.92 Å². The first-order valence-corrected chi connectivity index (χ1v) is 7.67. The molecule has 1 aromatic carbocycles. The zero-order valence-corrected chi connectivity index (χ0v) is 11.7. The highest BCUT2D eigenvalue weighted by atomic mass is 16.3. The fraction of sp³-hybridized carbons (Fsp3) is 0.647. The van der Waals surface area contributed by atoms with E-state index in [1.807, 2.05) is 18.2 Å². The first-order chi connectivity index (χ1) is 9.27. The number of aliphatic hydroxyl groups is 2. The van der Waals surface area contributed by atoms with Crippen LogP contribution in [0.4, 0.5) is 0 Å². The minimum atomic E-state index is -0.549. The monoisotopic (exact) mass is 262 g/mol. The van der Waals surface area contributed by atoms with Crippen molar-refractivity contribution in [2.45, 2.75) is 63.6 Å². The van der Waals surface area contributed by atoms with Gasteiger partial charge in [0, 0.05) is 0 Å². The van der Waals surface area contributed by atoms with Gasteiger partial charge in [-0.15, -0.1) is 0 Å². The van der Waals surface area contributed by atoms with Crippen LogP contribution in [0.2, 0.25) is 0 Å². The first kappa shape index (κ1) is 14.5. The summed E-state index contributed by atoms with van der Waals surface area (Å²) < 4.78 is 0. The number of hydrogen-bond acceptors (Lipinski definition) is 2. The van der Waals surface area contributed by atoms with Gasteiger partial charge in [-0.1, -0.05) is 49.6 Å². The Kier molecular flexibility index (Phi) is 5.87. The molecule has 0 aliphatic heterocycles. The zero-order chi connectivity index (χ0) is 13.5. The lowest BCUT2D eigenvalue weighted by Gasteiger charge is -2.29.